The summed E-state index contributed by atoms with van der Waals surface area (Å²) >= 11 is 1.50. The van der Waals surface area contributed by atoms with Crippen molar-refractivity contribution in [2.75, 3.05) is 18.4 Å². The van der Waals surface area contributed by atoms with Crippen LogP contribution >= 0.6 is 11.9 Å². The summed E-state index contributed by atoms with van der Waals surface area (Å²) in [6.45, 7) is 3.49. The SMILES string of the molecule is CC1N=C(N2CCC(Nc3nc4n(n3)C(C(F)(F)F)CCC4c3ccc(F)c(F)c3)CC2)SN1. The number of benzene rings is 1. The van der Waals surface area contributed by atoms with Gasteiger partial charge in [-0.2, -0.15) is 18.2 Å². The highest BCUT2D eigenvalue weighted by molar-refractivity contribution is 8.12. The lowest BCUT2D eigenvalue weighted by atomic mass is 9.88. The minimum atomic E-state index is -4.49. The van der Waals surface area contributed by atoms with Crippen LogP contribution in [0.1, 0.15) is 56.0 Å². The van der Waals surface area contributed by atoms with Gasteiger partial charge < -0.3 is 10.2 Å². The molecule has 13 heteroatoms. The molecule has 2 aromatic rings. The first-order valence-corrected chi connectivity index (χ1v) is 12.0. The van der Waals surface area contributed by atoms with Gasteiger partial charge in [0.25, 0.3) is 0 Å². The van der Waals surface area contributed by atoms with Crippen molar-refractivity contribution in [2.45, 2.75) is 63.0 Å². The van der Waals surface area contributed by atoms with Crippen molar-refractivity contribution in [3.8, 4) is 0 Å². The van der Waals surface area contributed by atoms with E-state index in [2.05, 4.69) is 30.0 Å². The molecule has 3 aliphatic rings. The molecular formula is C21H24F5N7S. The number of nitrogens with one attached hydrogen (secondary N) is 2. The van der Waals surface area contributed by atoms with Crippen molar-refractivity contribution in [1.29, 1.82) is 0 Å². The Morgan fingerprint density at radius 2 is 1.85 bits per heavy atom. The Balaban J connectivity index is 1.35. The largest absolute Gasteiger partial charge is 0.410 e. The molecule has 0 aliphatic carbocycles. The standard InChI is InChI=1S/C21H24F5N7S/c1-11-27-20(34-31-11)32-8-6-13(7-9-32)28-19-29-18-14(12-2-4-15(22)16(23)10-12)3-5-17(21(24,25)26)33(18)30-19/h2,4,10-11,13-14,17,31H,3,5-9H2,1H3,(H,28,30). The number of rotatable bonds is 3. The first-order chi connectivity index (χ1) is 16.2. The predicted molar refractivity (Wildman–Crippen MR) is 118 cm³/mol. The highest BCUT2D eigenvalue weighted by Crippen LogP contribution is 2.44. The van der Waals surface area contributed by atoms with Crippen molar-refractivity contribution in [2.24, 2.45) is 4.99 Å². The maximum absolute atomic E-state index is 13.8. The number of fused-ring (bicyclic) bond motifs is 1. The zero-order valence-electron chi connectivity index (χ0n) is 18.3. The summed E-state index contributed by atoms with van der Waals surface area (Å²) in [5.74, 6) is -2.42. The summed E-state index contributed by atoms with van der Waals surface area (Å²) in [5, 5.41) is 8.31. The molecule has 0 amide bonds. The lowest BCUT2D eigenvalue weighted by Gasteiger charge is -2.32. The van der Waals surface area contributed by atoms with Crippen LogP contribution in [0.3, 0.4) is 0 Å². The van der Waals surface area contributed by atoms with Crippen LogP contribution in [0.25, 0.3) is 0 Å². The van der Waals surface area contributed by atoms with Gasteiger partial charge in [0.05, 0.1) is 0 Å². The van der Waals surface area contributed by atoms with E-state index in [-0.39, 0.29) is 36.8 Å². The minimum absolute atomic E-state index is 0.00383. The minimum Gasteiger partial charge on any atom is -0.350 e. The van der Waals surface area contributed by atoms with Crippen molar-refractivity contribution < 1.29 is 22.0 Å². The summed E-state index contributed by atoms with van der Waals surface area (Å²) in [4.78, 5) is 11.1. The lowest BCUT2D eigenvalue weighted by Crippen LogP contribution is -2.41. The van der Waals surface area contributed by atoms with E-state index in [0.717, 1.165) is 47.9 Å². The number of nitrogens with zero attached hydrogens (tertiary/aromatic N) is 5. The van der Waals surface area contributed by atoms with Crippen LogP contribution in [0.5, 0.6) is 0 Å². The van der Waals surface area contributed by atoms with Gasteiger partial charge in [0.2, 0.25) is 5.95 Å². The molecule has 0 bridgehead atoms. The third kappa shape index (κ3) is 4.59. The van der Waals surface area contributed by atoms with Crippen molar-refractivity contribution in [1.82, 2.24) is 24.4 Å². The smallest absolute Gasteiger partial charge is 0.350 e. The summed E-state index contributed by atoms with van der Waals surface area (Å²) in [6, 6.07) is 1.59. The van der Waals surface area contributed by atoms with Crippen LogP contribution in [0.4, 0.5) is 27.9 Å². The number of piperidine rings is 1. The second kappa shape index (κ2) is 8.99. The zero-order chi connectivity index (χ0) is 24.0. The highest BCUT2D eigenvalue weighted by Gasteiger charge is 2.47. The number of alkyl halides is 3. The maximum atomic E-state index is 13.8. The Kier molecular flexibility index (Phi) is 6.17. The Labute approximate surface area is 197 Å². The number of hydrogen-bond acceptors (Lipinski definition) is 7. The normalized spacial score (nSPS) is 25.9. The van der Waals surface area contributed by atoms with Gasteiger partial charge in [0.15, 0.2) is 16.8 Å². The third-order valence-electron chi connectivity index (χ3n) is 6.44. The second-order valence-corrected chi connectivity index (χ2v) is 9.62. The quantitative estimate of drug-likeness (QED) is 0.480. The molecule has 34 heavy (non-hydrogen) atoms. The average Bonchev–Trinajstić information content (AvgIpc) is 3.41. The van der Waals surface area contributed by atoms with E-state index in [1.54, 1.807) is 0 Å². The molecule has 1 fully saturated rings. The number of amidine groups is 1. The molecule has 1 saturated heterocycles. The molecule has 1 aromatic carbocycles. The molecule has 3 atom stereocenters. The summed E-state index contributed by atoms with van der Waals surface area (Å²) < 4.78 is 72.5. The molecule has 0 spiro atoms. The number of likely N-dealkylation sites (tertiary alicyclic amines) is 1. The fourth-order valence-corrected chi connectivity index (χ4v) is 5.54. The number of aromatic nitrogens is 3. The van der Waals surface area contributed by atoms with Gasteiger partial charge >= 0.3 is 6.18 Å². The molecule has 0 saturated carbocycles. The van der Waals surface area contributed by atoms with Crippen LogP contribution in [0, 0.1) is 11.6 Å². The van der Waals surface area contributed by atoms with Crippen LogP contribution < -0.4 is 10.0 Å². The molecule has 184 valence electrons. The molecule has 3 unspecified atom stereocenters. The molecule has 4 heterocycles. The van der Waals surface area contributed by atoms with Gasteiger partial charge in [-0.25, -0.2) is 23.2 Å². The Bertz CT molecular complexity index is 1080. The lowest BCUT2D eigenvalue weighted by molar-refractivity contribution is -0.175. The molecule has 7 nitrogen and oxygen atoms in total. The van der Waals surface area contributed by atoms with Gasteiger partial charge in [-0.3, -0.25) is 0 Å². The van der Waals surface area contributed by atoms with E-state index >= 15 is 0 Å². The predicted octanol–water partition coefficient (Wildman–Crippen LogP) is 4.42. The summed E-state index contributed by atoms with van der Waals surface area (Å²) in [6.07, 6.45) is -3.01. The first-order valence-electron chi connectivity index (χ1n) is 11.2. The maximum Gasteiger partial charge on any atom is 0.410 e. The van der Waals surface area contributed by atoms with Crippen molar-refractivity contribution >= 4 is 23.1 Å². The number of anilines is 1. The first kappa shape index (κ1) is 23.3. The van der Waals surface area contributed by atoms with E-state index in [9.17, 15) is 22.0 Å². The van der Waals surface area contributed by atoms with Crippen molar-refractivity contribution in [3.05, 3.63) is 41.2 Å². The number of aliphatic imine (C=N–C) groups is 1. The third-order valence-corrected chi connectivity index (χ3v) is 7.45. The Morgan fingerprint density at radius 1 is 1.09 bits per heavy atom. The second-order valence-electron chi connectivity index (χ2n) is 8.81. The average molecular weight is 502 g/mol. The fourth-order valence-electron chi connectivity index (χ4n) is 4.69. The van der Waals surface area contributed by atoms with E-state index in [0.29, 0.717) is 5.56 Å². The van der Waals surface area contributed by atoms with Gasteiger partial charge in [0, 0.05) is 25.0 Å². The van der Waals surface area contributed by atoms with Gasteiger partial charge in [-0.15, -0.1) is 5.10 Å². The van der Waals surface area contributed by atoms with Gasteiger partial charge in [-0.1, -0.05) is 6.07 Å². The molecule has 3 aliphatic heterocycles. The van der Waals surface area contributed by atoms with Crippen LogP contribution in [-0.2, 0) is 0 Å². The van der Waals surface area contributed by atoms with Gasteiger partial charge in [0.1, 0.15) is 18.0 Å². The fraction of sp³-hybridized carbons (Fsp3) is 0.571. The molecule has 0 radical (unpaired) electrons. The topological polar surface area (TPSA) is 70.4 Å². The van der Waals surface area contributed by atoms with Crippen LogP contribution in [0.2, 0.25) is 0 Å². The van der Waals surface area contributed by atoms with Gasteiger partial charge in [-0.05, 0) is 62.3 Å². The Hall–Kier alpha value is -2.41. The van der Waals surface area contributed by atoms with E-state index < -0.39 is 29.8 Å². The number of hydrogen-bond donors (Lipinski definition) is 2. The van der Waals surface area contributed by atoms with E-state index in [1.165, 1.54) is 18.0 Å². The van der Waals surface area contributed by atoms with E-state index in [1.807, 2.05) is 6.92 Å². The molecule has 5 rings (SSSR count). The molecule has 1 aromatic heterocycles. The van der Waals surface area contributed by atoms with Crippen molar-refractivity contribution in [3.63, 3.8) is 0 Å². The van der Waals surface area contributed by atoms with Crippen LogP contribution in [-0.4, -0.2) is 56.3 Å². The molecule has 2 N–H and O–H groups in total. The zero-order valence-corrected chi connectivity index (χ0v) is 19.1. The Morgan fingerprint density at radius 3 is 2.50 bits per heavy atom. The highest BCUT2D eigenvalue weighted by atomic mass is 32.2. The van der Waals surface area contributed by atoms with Crippen LogP contribution in [0.15, 0.2) is 23.2 Å². The summed E-state index contributed by atoms with van der Waals surface area (Å²) in [7, 11) is 0. The monoisotopic (exact) mass is 501 g/mol. The summed E-state index contributed by atoms with van der Waals surface area (Å²) in [5.41, 5.74) is 0.380. The molecular weight excluding hydrogens is 477 g/mol. The number of halogens is 5. The van der Waals surface area contributed by atoms with E-state index in [4.69, 9.17) is 0 Å².